The zero-order valence-corrected chi connectivity index (χ0v) is 17.4. The van der Waals surface area contributed by atoms with Gasteiger partial charge in [0.05, 0.1) is 23.0 Å². The third kappa shape index (κ3) is 5.14. The molecule has 2 heterocycles. The van der Waals surface area contributed by atoms with E-state index in [2.05, 4.69) is 10.2 Å². The molecule has 0 saturated carbocycles. The molecule has 0 bridgehead atoms. The van der Waals surface area contributed by atoms with E-state index in [-0.39, 0.29) is 23.6 Å². The fourth-order valence-electron chi connectivity index (χ4n) is 4.06. The Morgan fingerprint density at radius 3 is 2.29 bits per heavy atom. The summed E-state index contributed by atoms with van der Waals surface area (Å²) in [6.45, 7) is 3.87. The van der Waals surface area contributed by atoms with Gasteiger partial charge in [-0.05, 0) is 73.8 Å². The van der Waals surface area contributed by atoms with Crippen molar-refractivity contribution < 1.29 is 13.6 Å². The number of hydrogen-bond donors (Lipinski definition) is 1. The number of aryl methyl sites for hydroxylation is 1. The molecule has 0 radical (unpaired) electrons. The first kappa shape index (κ1) is 21.1. The molecule has 2 aromatic carbocycles. The van der Waals surface area contributed by atoms with E-state index in [4.69, 9.17) is 4.98 Å². The lowest BCUT2D eigenvalue weighted by molar-refractivity contribution is 0.0949. The molecule has 4 nitrogen and oxygen atoms in total. The average molecular weight is 421 g/mol. The molecule has 1 aromatic heterocycles. The second-order valence-corrected chi connectivity index (χ2v) is 7.93. The summed E-state index contributed by atoms with van der Waals surface area (Å²) in [7, 11) is 0. The molecular formula is C25H25F2N3O. The second-order valence-electron chi connectivity index (χ2n) is 7.93. The number of benzene rings is 2. The van der Waals surface area contributed by atoms with E-state index in [0.717, 1.165) is 42.8 Å². The summed E-state index contributed by atoms with van der Waals surface area (Å²) < 4.78 is 26.2. The molecule has 160 valence electrons. The van der Waals surface area contributed by atoms with Gasteiger partial charge in [-0.2, -0.15) is 0 Å². The van der Waals surface area contributed by atoms with Crippen LogP contribution in [0.3, 0.4) is 0 Å². The van der Waals surface area contributed by atoms with E-state index in [0.29, 0.717) is 17.8 Å². The number of carbonyl (C=O) groups excluding carboxylic acids is 1. The van der Waals surface area contributed by atoms with Gasteiger partial charge in [-0.1, -0.05) is 24.3 Å². The van der Waals surface area contributed by atoms with Crippen LogP contribution in [0.1, 0.15) is 51.8 Å². The summed E-state index contributed by atoms with van der Waals surface area (Å²) >= 11 is 0. The zero-order valence-electron chi connectivity index (χ0n) is 17.4. The van der Waals surface area contributed by atoms with Gasteiger partial charge in [0.2, 0.25) is 0 Å². The Kier molecular flexibility index (Phi) is 6.37. The van der Waals surface area contributed by atoms with Gasteiger partial charge in [0.25, 0.3) is 5.91 Å². The van der Waals surface area contributed by atoms with Gasteiger partial charge < -0.3 is 5.32 Å². The number of pyridine rings is 1. The number of nitrogens with zero attached hydrogens (tertiary/aromatic N) is 2. The first-order chi connectivity index (χ1) is 15.0. The van der Waals surface area contributed by atoms with Crippen molar-refractivity contribution >= 4 is 5.91 Å². The van der Waals surface area contributed by atoms with Crippen LogP contribution in [-0.4, -0.2) is 22.3 Å². The van der Waals surface area contributed by atoms with Crippen LogP contribution in [0.25, 0.3) is 0 Å². The number of halogens is 2. The summed E-state index contributed by atoms with van der Waals surface area (Å²) in [5.74, 6) is -0.728. The molecule has 0 aliphatic carbocycles. The van der Waals surface area contributed by atoms with Crippen LogP contribution in [0.15, 0.2) is 60.7 Å². The van der Waals surface area contributed by atoms with E-state index in [1.54, 1.807) is 12.1 Å². The Hall–Kier alpha value is -3.12. The standard InChI is InChI=1S/C25H25F2N3O/c1-17-22(25(31)28-15-18-4-8-20(26)9-5-18)12-13-23(29-17)24-3-2-14-30(24)16-19-6-10-21(27)11-7-19/h4-13,24H,2-3,14-16H2,1H3,(H,28,31)/t24-/m1/s1. The van der Waals surface area contributed by atoms with Gasteiger partial charge in [-0.25, -0.2) is 8.78 Å². The molecule has 1 saturated heterocycles. The fourth-order valence-corrected chi connectivity index (χ4v) is 4.06. The Morgan fingerprint density at radius 2 is 1.65 bits per heavy atom. The van der Waals surface area contributed by atoms with Crippen LogP contribution < -0.4 is 5.32 Å². The monoisotopic (exact) mass is 421 g/mol. The highest BCUT2D eigenvalue weighted by Crippen LogP contribution is 2.32. The van der Waals surface area contributed by atoms with E-state index >= 15 is 0 Å². The molecule has 1 fully saturated rings. The minimum absolute atomic E-state index is 0.181. The molecule has 0 unspecified atom stereocenters. The second kappa shape index (κ2) is 9.35. The maximum atomic E-state index is 13.2. The van der Waals surface area contributed by atoms with Crippen molar-refractivity contribution in [1.82, 2.24) is 15.2 Å². The smallest absolute Gasteiger partial charge is 0.253 e. The lowest BCUT2D eigenvalue weighted by atomic mass is 10.1. The maximum absolute atomic E-state index is 13.2. The highest BCUT2D eigenvalue weighted by molar-refractivity contribution is 5.95. The Bertz CT molecular complexity index is 1050. The van der Waals surface area contributed by atoms with Gasteiger partial charge in [-0.15, -0.1) is 0 Å². The Morgan fingerprint density at radius 1 is 1.00 bits per heavy atom. The largest absolute Gasteiger partial charge is 0.348 e. The molecule has 6 heteroatoms. The van der Waals surface area contributed by atoms with Gasteiger partial charge >= 0.3 is 0 Å². The van der Waals surface area contributed by atoms with E-state index < -0.39 is 0 Å². The van der Waals surface area contributed by atoms with E-state index in [1.807, 2.05) is 31.2 Å². The molecular weight excluding hydrogens is 396 g/mol. The maximum Gasteiger partial charge on any atom is 0.253 e. The Labute approximate surface area is 180 Å². The highest BCUT2D eigenvalue weighted by Gasteiger charge is 2.27. The van der Waals surface area contributed by atoms with Gasteiger partial charge in [-0.3, -0.25) is 14.7 Å². The molecule has 1 aliphatic heterocycles. The molecule has 3 aromatic rings. The molecule has 1 atom stereocenters. The highest BCUT2D eigenvalue weighted by atomic mass is 19.1. The van der Waals surface area contributed by atoms with Crippen molar-refractivity contribution in [3.05, 3.63) is 100 Å². The molecule has 1 aliphatic rings. The van der Waals surface area contributed by atoms with Crippen molar-refractivity contribution in [1.29, 1.82) is 0 Å². The first-order valence-electron chi connectivity index (χ1n) is 10.5. The van der Waals surface area contributed by atoms with Crippen LogP contribution in [-0.2, 0) is 13.1 Å². The summed E-state index contributed by atoms with van der Waals surface area (Å²) in [6, 6.07) is 16.6. The lowest BCUT2D eigenvalue weighted by Gasteiger charge is -2.24. The molecule has 4 rings (SSSR count). The van der Waals surface area contributed by atoms with Crippen molar-refractivity contribution in [3.8, 4) is 0 Å². The SMILES string of the molecule is Cc1nc([C@H]2CCCN2Cc2ccc(F)cc2)ccc1C(=O)NCc1ccc(F)cc1. The third-order valence-corrected chi connectivity index (χ3v) is 5.72. The minimum Gasteiger partial charge on any atom is -0.348 e. The minimum atomic E-state index is -0.300. The first-order valence-corrected chi connectivity index (χ1v) is 10.5. The van der Waals surface area contributed by atoms with E-state index in [1.165, 1.54) is 24.3 Å². The third-order valence-electron chi connectivity index (χ3n) is 5.72. The zero-order chi connectivity index (χ0) is 21.8. The number of nitrogens with one attached hydrogen (secondary N) is 1. The van der Waals surface area contributed by atoms with Crippen molar-refractivity contribution in [2.45, 2.75) is 38.9 Å². The summed E-state index contributed by atoms with van der Waals surface area (Å²) in [5, 5.41) is 2.87. The molecule has 1 N–H and O–H groups in total. The van der Waals surface area contributed by atoms with Crippen LogP contribution in [0.4, 0.5) is 8.78 Å². The molecule has 1 amide bonds. The number of aromatic nitrogens is 1. The lowest BCUT2D eigenvalue weighted by Crippen LogP contribution is -2.26. The number of likely N-dealkylation sites (tertiary alicyclic amines) is 1. The quantitative estimate of drug-likeness (QED) is 0.614. The van der Waals surface area contributed by atoms with Crippen LogP contribution in [0.2, 0.25) is 0 Å². The Balaban J connectivity index is 1.42. The van der Waals surface area contributed by atoms with Crippen LogP contribution >= 0.6 is 0 Å². The normalized spacial score (nSPS) is 16.4. The number of amides is 1. The van der Waals surface area contributed by atoms with E-state index in [9.17, 15) is 13.6 Å². The number of carbonyl (C=O) groups is 1. The number of hydrogen-bond acceptors (Lipinski definition) is 3. The van der Waals surface area contributed by atoms with Crippen molar-refractivity contribution in [2.24, 2.45) is 0 Å². The predicted molar refractivity (Wildman–Crippen MR) is 115 cm³/mol. The topological polar surface area (TPSA) is 45.2 Å². The molecule has 31 heavy (non-hydrogen) atoms. The van der Waals surface area contributed by atoms with Gasteiger partial charge in [0, 0.05) is 13.1 Å². The fraction of sp³-hybridized carbons (Fsp3) is 0.280. The van der Waals surface area contributed by atoms with Gasteiger partial charge in [0.15, 0.2) is 0 Å². The van der Waals surface area contributed by atoms with Crippen LogP contribution in [0, 0.1) is 18.6 Å². The summed E-state index contributed by atoms with van der Waals surface area (Å²) in [6.07, 6.45) is 2.08. The predicted octanol–water partition coefficient (Wildman–Crippen LogP) is 4.94. The summed E-state index contributed by atoms with van der Waals surface area (Å²) in [5.41, 5.74) is 4.07. The number of rotatable bonds is 6. The van der Waals surface area contributed by atoms with Crippen molar-refractivity contribution in [2.75, 3.05) is 6.54 Å². The van der Waals surface area contributed by atoms with Crippen molar-refractivity contribution in [3.63, 3.8) is 0 Å². The summed E-state index contributed by atoms with van der Waals surface area (Å²) in [4.78, 5) is 19.7. The average Bonchev–Trinajstić information content (AvgIpc) is 3.23. The van der Waals surface area contributed by atoms with Gasteiger partial charge in [0.1, 0.15) is 11.6 Å². The molecule has 0 spiro atoms. The van der Waals surface area contributed by atoms with Crippen LogP contribution in [0.5, 0.6) is 0 Å².